The van der Waals surface area contributed by atoms with Crippen LogP contribution in [0, 0.1) is 11.6 Å². The van der Waals surface area contributed by atoms with Gasteiger partial charge in [0.1, 0.15) is 5.82 Å². The Bertz CT molecular complexity index is 956. The van der Waals surface area contributed by atoms with E-state index in [1.54, 1.807) is 4.57 Å². The predicted octanol–water partition coefficient (Wildman–Crippen LogP) is 1.96. The minimum absolute atomic E-state index is 0.115. The van der Waals surface area contributed by atoms with Gasteiger partial charge in [0.05, 0.1) is 11.3 Å². The average Bonchev–Trinajstić information content (AvgIpc) is 2.96. The Morgan fingerprint density at radius 3 is 2.68 bits per heavy atom. The van der Waals surface area contributed by atoms with Crippen LogP contribution in [0.25, 0.3) is 0 Å². The van der Waals surface area contributed by atoms with Crippen molar-refractivity contribution in [2.75, 3.05) is 4.72 Å². The van der Waals surface area contributed by atoms with Gasteiger partial charge in [0.15, 0.2) is 16.7 Å². The Morgan fingerprint density at radius 1 is 1.36 bits per heavy atom. The number of amides is 1. The van der Waals surface area contributed by atoms with Gasteiger partial charge in [0, 0.05) is 24.7 Å². The van der Waals surface area contributed by atoms with Crippen molar-refractivity contribution in [1.29, 1.82) is 0 Å². The van der Waals surface area contributed by atoms with Gasteiger partial charge in [-0.05, 0) is 25.8 Å². The number of hydrogen-bond donors (Lipinski definition) is 2. The van der Waals surface area contributed by atoms with Crippen molar-refractivity contribution >= 4 is 21.6 Å². The second kappa shape index (κ2) is 6.10. The number of anilines is 1. The standard InChI is InChI=1S/C15H16F2N4O3S/c1-8-3-2-4-13-19-14(7-21(8)13)25(23,24)20-12-6-11(17)10(16)5-9(12)15(18)22/h5-8,20H,2-4H2,1H3,(H2,18,22). The molecule has 1 amide bonds. The molecule has 0 aliphatic carbocycles. The number of halogens is 2. The molecule has 134 valence electrons. The number of aromatic nitrogens is 2. The summed E-state index contributed by atoms with van der Waals surface area (Å²) in [7, 11) is -4.20. The van der Waals surface area contributed by atoms with Crippen molar-refractivity contribution in [3.8, 4) is 0 Å². The zero-order valence-corrected chi connectivity index (χ0v) is 14.1. The maximum absolute atomic E-state index is 13.5. The molecule has 0 saturated carbocycles. The van der Waals surface area contributed by atoms with Gasteiger partial charge in [-0.3, -0.25) is 9.52 Å². The molecule has 0 saturated heterocycles. The van der Waals surface area contributed by atoms with Crippen LogP contribution in [0.2, 0.25) is 0 Å². The van der Waals surface area contributed by atoms with Crippen molar-refractivity contribution in [3.63, 3.8) is 0 Å². The molecule has 2 heterocycles. The van der Waals surface area contributed by atoms with Gasteiger partial charge in [-0.1, -0.05) is 0 Å². The number of sulfonamides is 1. The number of aryl methyl sites for hydroxylation is 1. The average molecular weight is 370 g/mol. The zero-order chi connectivity index (χ0) is 18.4. The van der Waals surface area contributed by atoms with Gasteiger partial charge in [-0.2, -0.15) is 8.42 Å². The number of carbonyl (C=O) groups excluding carboxylic acids is 1. The number of nitrogens with zero attached hydrogens (tertiary/aromatic N) is 2. The molecular formula is C15H16F2N4O3S. The first-order valence-electron chi connectivity index (χ1n) is 7.58. The molecule has 1 aliphatic rings. The lowest BCUT2D eigenvalue weighted by Gasteiger charge is -2.20. The monoisotopic (exact) mass is 370 g/mol. The molecule has 3 rings (SSSR count). The third kappa shape index (κ3) is 3.21. The van der Waals surface area contributed by atoms with E-state index in [0.29, 0.717) is 24.4 Å². The number of imidazole rings is 1. The van der Waals surface area contributed by atoms with E-state index >= 15 is 0 Å². The lowest BCUT2D eigenvalue weighted by molar-refractivity contribution is 0.100. The van der Waals surface area contributed by atoms with Crippen molar-refractivity contribution in [2.45, 2.75) is 37.3 Å². The third-order valence-electron chi connectivity index (χ3n) is 4.13. The van der Waals surface area contributed by atoms with Crippen LogP contribution in [-0.2, 0) is 16.4 Å². The number of hydrogen-bond acceptors (Lipinski definition) is 4. The summed E-state index contributed by atoms with van der Waals surface area (Å²) in [6.07, 6.45) is 3.86. The van der Waals surface area contributed by atoms with Crippen LogP contribution in [0.15, 0.2) is 23.4 Å². The van der Waals surface area contributed by atoms with E-state index in [1.807, 2.05) is 6.92 Å². The molecule has 1 aromatic carbocycles. The van der Waals surface area contributed by atoms with Crippen LogP contribution in [0.3, 0.4) is 0 Å². The second-order valence-corrected chi connectivity index (χ2v) is 7.55. The highest BCUT2D eigenvalue weighted by atomic mass is 32.2. The fraction of sp³-hybridized carbons (Fsp3) is 0.333. The Morgan fingerprint density at radius 2 is 2.04 bits per heavy atom. The summed E-state index contributed by atoms with van der Waals surface area (Å²) >= 11 is 0. The van der Waals surface area contributed by atoms with Crippen LogP contribution >= 0.6 is 0 Å². The number of benzene rings is 1. The zero-order valence-electron chi connectivity index (χ0n) is 13.3. The largest absolute Gasteiger partial charge is 0.366 e. The summed E-state index contributed by atoms with van der Waals surface area (Å²) in [4.78, 5) is 15.5. The number of nitrogens with one attached hydrogen (secondary N) is 1. The van der Waals surface area contributed by atoms with Crippen LogP contribution in [0.1, 0.15) is 42.0 Å². The molecule has 25 heavy (non-hydrogen) atoms. The van der Waals surface area contributed by atoms with Gasteiger partial charge in [-0.15, -0.1) is 0 Å². The van der Waals surface area contributed by atoms with E-state index in [4.69, 9.17) is 5.73 Å². The van der Waals surface area contributed by atoms with E-state index < -0.39 is 38.8 Å². The number of rotatable bonds is 4. The van der Waals surface area contributed by atoms with E-state index in [9.17, 15) is 22.0 Å². The molecule has 2 aromatic rings. The number of carbonyl (C=O) groups is 1. The van der Waals surface area contributed by atoms with Crippen LogP contribution in [-0.4, -0.2) is 23.9 Å². The van der Waals surface area contributed by atoms with E-state index in [-0.39, 0.29) is 11.1 Å². The Labute approximate surface area is 142 Å². The molecule has 0 spiro atoms. The van der Waals surface area contributed by atoms with Gasteiger partial charge in [0.25, 0.3) is 15.9 Å². The Balaban J connectivity index is 2.00. The molecule has 10 heteroatoms. The first kappa shape index (κ1) is 17.3. The van der Waals surface area contributed by atoms with Crippen LogP contribution in [0.5, 0.6) is 0 Å². The lowest BCUT2D eigenvalue weighted by atomic mass is 10.1. The van der Waals surface area contributed by atoms with Crippen molar-refractivity contribution in [1.82, 2.24) is 9.55 Å². The van der Waals surface area contributed by atoms with Crippen molar-refractivity contribution in [2.24, 2.45) is 5.73 Å². The summed E-state index contributed by atoms with van der Waals surface area (Å²) in [6.45, 7) is 1.95. The molecule has 1 aliphatic heterocycles. The molecule has 0 fully saturated rings. The van der Waals surface area contributed by atoms with E-state index in [0.717, 1.165) is 12.8 Å². The quantitative estimate of drug-likeness (QED) is 0.858. The molecule has 1 unspecified atom stereocenters. The fourth-order valence-electron chi connectivity index (χ4n) is 2.83. The summed E-state index contributed by atoms with van der Waals surface area (Å²) in [5, 5.41) is -0.253. The van der Waals surface area contributed by atoms with Crippen LogP contribution < -0.4 is 10.5 Å². The Hall–Kier alpha value is -2.49. The normalized spacial score (nSPS) is 17.2. The van der Waals surface area contributed by atoms with Gasteiger partial charge in [0.2, 0.25) is 0 Å². The van der Waals surface area contributed by atoms with Gasteiger partial charge >= 0.3 is 0 Å². The molecule has 7 nitrogen and oxygen atoms in total. The highest BCUT2D eigenvalue weighted by molar-refractivity contribution is 7.92. The number of fused-ring (bicyclic) bond motifs is 1. The molecule has 0 radical (unpaired) electrons. The van der Waals surface area contributed by atoms with Crippen molar-refractivity contribution < 1.29 is 22.0 Å². The molecule has 1 aromatic heterocycles. The molecular weight excluding hydrogens is 354 g/mol. The number of primary amides is 1. The maximum atomic E-state index is 13.5. The highest BCUT2D eigenvalue weighted by Crippen LogP contribution is 2.27. The molecule has 1 atom stereocenters. The summed E-state index contributed by atoms with van der Waals surface area (Å²) in [5.74, 6) is -3.06. The Kier molecular flexibility index (Phi) is 4.23. The molecule has 3 N–H and O–H groups in total. The van der Waals surface area contributed by atoms with Crippen LogP contribution in [0.4, 0.5) is 14.5 Å². The lowest BCUT2D eigenvalue weighted by Crippen LogP contribution is -2.19. The molecule has 0 bridgehead atoms. The van der Waals surface area contributed by atoms with E-state index in [2.05, 4.69) is 9.71 Å². The smallest absolute Gasteiger partial charge is 0.280 e. The minimum Gasteiger partial charge on any atom is -0.366 e. The summed E-state index contributed by atoms with van der Waals surface area (Å²) in [6, 6.07) is 1.24. The van der Waals surface area contributed by atoms with E-state index in [1.165, 1.54) is 6.20 Å². The number of nitrogens with two attached hydrogens (primary N) is 1. The van der Waals surface area contributed by atoms with Gasteiger partial charge < -0.3 is 10.3 Å². The highest BCUT2D eigenvalue weighted by Gasteiger charge is 2.26. The third-order valence-corrected chi connectivity index (χ3v) is 5.37. The topological polar surface area (TPSA) is 107 Å². The SMILES string of the molecule is CC1CCCc2nc(S(=O)(=O)Nc3cc(F)c(F)cc3C(N)=O)cn21. The summed E-state index contributed by atoms with van der Waals surface area (Å²) in [5.41, 5.74) is 4.19. The summed E-state index contributed by atoms with van der Waals surface area (Å²) < 4.78 is 55.7. The first-order valence-corrected chi connectivity index (χ1v) is 9.07. The van der Waals surface area contributed by atoms with Gasteiger partial charge in [-0.25, -0.2) is 13.8 Å². The minimum atomic E-state index is -4.20. The second-order valence-electron chi connectivity index (χ2n) is 5.93. The first-order chi connectivity index (χ1) is 11.7. The fourth-order valence-corrected chi connectivity index (χ4v) is 3.87. The maximum Gasteiger partial charge on any atom is 0.280 e. The predicted molar refractivity (Wildman–Crippen MR) is 85.6 cm³/mol. The van der Waals surface area contributed by atoms with Crippen molar-refractivity contribution in [3.05, 3.63) is 41.4 Å².